The highest BCUT2D eigenvalue weighted by Gasteiger charge is 2.21. The summed E-state index contributed by atoms with van der Waals surface area (Å²) in [6.07, 6.45) is 1.98. The van der Waals surface area contributed by atoms with E-state index in [1.165, 1.54) is 0 Å². The molecule has 0 saturated carbocycles. The number of aromatic nitrogens is 3. The Hall–Kier alpha value is -3.38. The third kappa shape index (κ3) is 2.88. The van der Waals surface area contributed by atoms with Crippen LogP contribution >= 0.6 is 0 Å². The van der Waals surface area contributed by atoms with Crippen molar-refractivity contribution in [2.24, 2.45) is 0 Å². The van der Waals surface area contributed by atoms with Crippen LogP contribution in [0.4, 0.5) is 5.82 Å². The molecule has 0 fully saturated rings. The van der Waals surface area contributed by atoms with Crippen LogP contribution in [0.5, 0.6) is 5.75 Å². The minimum absolute atomic E-state index is 0.640. The van der Waals surface area contributed by atoms with Crippen molar-refractivity contribution in [1.29, 1.82) is 0 Å². The molecule has 4 aromatic rings. The number of nitrogens with zero attached hydrogens (tertiary/aromatic N) is 2. The second-order valence-corrected chi connectivity index (χ2v) is 6.84. The molecule has 0 saturated heterocycles. The molecule has 140 valence electrons. The molecule has 1 aliphatic rings. The molecule has 3 heterocycles. The molecule has 28 heavy (non-hydrogen) atoms. The van der Waals surface area contributed by atoms with Crippen molar-refractivity contribution in [3.63, 3.8) is 0 Å². The smallest absolute Gasteiger partial charge is 0.163 e. The van der Waals surface area contributed by atoms with Gasteiger partial charge < -0.3 is 20.4 Å². The van der Waals surface area contributed by atoms with Crippen molar-refractivity contribution < 1.29 is 4.74 Å². The normalized spacial score (nSPS) is 12.9. The van der Waals surface area contributed by atoms with Crippen LogP contribution in [0.1, 0.15) is 16.8 Å². The van der Waals surface area contributed by atoms with Gasteiger partial charge in [0.2, 0.25) is 0 Å². The molecule has 0 bridgehead atoms. The Morgan fingerprint density at radius 2 is 1.89 bits per heavy atom. The van der Waals surface area contributed by atoms with Gasteiger partial charge in [-0.2, -0.15) is 0 Å². The molecule has 0 unspecified atom stereocenters. The average Bonchev–Trinajstić information content (AvgIpc) is 3.39. The number of methoxy groups -OCH3 is 1. The van der Waals surface area contributed by atoms with Gasteiger partial charge in [0, 0.05) is 53.4 Å². The highest BCUT2D eigenvalue weighted by Crippen LogP contribution is 2.30. The van der Waals surface area contributed by atoms with E-state index < -0.39 is 0 Å². The average molecular weight is 371 g/mol. The number of fused-ring (bicyclic) bond motifs is 2. The van der Waals surface area contributed by atoms with E-state index in [4.69, 9.17) is 14.7 Å². The van der Waals surface area contributed by atoms with E-state index in [1.807, 2.05) is 36.5 Å². The number of rotatable bonds is 5. The van der Waals surface area contributed by atoms with Crippen LogP contribution in [-0.2, 0) is 19.6 Å². The van der Waals surface area contributed by atoms with Crippen molar-refractivity contribution in [3.8, 4) is 17.1 Å². The van der Waals surface area contributed by atoms with E-state index >= 15 is 0 Å². The third-order valence-electron chi connectivity index (χ3n) is 5.16. The van der Waals surface area contributed by atoms with Gasteiger partial charge in [-0.05, 0) is 12.1 Å². The van der Waals surface area contributed by atoms with E-state index in [9.17, 15) is 0 Å². The van der Waals surface area contributed by atoms with Crippen LogP contribution in [0.15, 0.2) is 54.7 Å². The molecule has 5 rings (SSSR count). The first-order valence-electron chi connectivity index (χ1n) is 9.36. The topological polar surface area (TPSA) is 74.9 Å². The molecular weight excluding hydrogens is 350 g/mol. The van der Waals surface area contributed by atoms with Gasteiger partial charge in [-0.15, -0.1) is 0 Å². The van der Waals surface area contributed by atoms with Crippen molar-refractivity contribution in [1.82, 2.24) is 20.3 Å². The molecular formula is C22H21N5O. The lowest BCUT2D eigenvalue weighted by atomic mass is 10.1. The molecule has 1 aliphatic heterocycles. The van der Waals surface area contributed by atoms with E-state index in [-0.39, 0.29) is 0 Å². The van der Waals surface area contributed by atoms with E-state index in [2.05, 4.69) is 33.8 Å². The summed E-state index contributed by atoms with van der Waals surface area (Å²) in [4.78, 5) is 13.0. The Morgan fingerprint density at radius 3 is 2.82 bits per heavy atom. The molecule has 2 aromatic carbocycles. The Labute approximate surface area is 163 Å². The maximum Gasteiger partial charge on any atom is 0.163 e. The van der Waals surface area contributed by atoms with Crippen LogP contribution in [0.2, 0.25) is 0 Å². The zero-order valence-corrected chi connectivity index (χ0v) is 15.6. The summed E-state index contributed by atoms with van der Waals surface area (Å²) in [5, 5.41) is 8.02. The Kier molecular flexibility index (Phi) is 4.18. The summed E-state index contributed by atoms with van der Waals surface area (Å²) in [7, 11) is 1.69. The van der Waals surface area contributed by atoms with Crippen LogP contribution in [0, 0.1) is 0 Å². The number of para-hydroxylation sites is 2. The van der Waals surface area contributed by atoms with Crippen molar-refractivity contribution >= 4 is 16.7 Å². The van der Waals surface area contributed by atoms with Crippen LogP contribution < -0.4 is 15.4 Å². The third-order valence-corrected chi connectivity index (χ3v) is 5.16. The summed E-state index contributed by atoms with van der Waals surface area (Å²) in [6.45, 7) is 2.18. The van der Waals surface area contributed by atoms with Gasteiger partial charge in [0.05, 0.1) is 12.8 Å². The number of anilines is 1. The lowest BCUT2D eigenvalue weighted by Gasteiger charge is -2.13. The van der Waals surface area contributed by atoms with Gasteiger partial charge in [0.1, 0.15) is 11.6 Å². The second-order valence-electron chi connectivity index (χ2n) is 6.84. The molecule has 6 heteroatoms. The van der Waals surface area contributed by atoms with Gasteiger partial charge >= 0.3 is 0 Å². The lowest BCUT2D eigenvalue weighted by molar-refractivity contribution is 0.410. The summed E-state index contributed by atoms with van der Waals surface area (Å²) in [5.41, 5.74) is 5.39. The molecule has 0 aliphatic carbocycles. The summed E-state index contributed by atoms with van der Waals surface area (Å²) >= 11 is 0. The predicted molar refractivity (Wildman–Crippen MR) is 110 cm³/mol. The fraction of sp³-hybridized carbons (Fsp3) is 0.182. The molecule has 6 nitrogen and oxygen atoms in total. The molecule has 0 radical (unpaired) electrons. The van der Waals surface area contributed by atoms with E-state index in [0.29, 0.717) is 6.54 Å². The Balaban J connectivity index is 1.53. The number of hydrogen-bond donors (Lipinski definition) is 3. The van der Waals surface area contributed by atoms with E-state index in [1.54, 1.807) is 7.11 Å². The van der Waals surface area contributed by atoms with Crippen molar-refractivity contribution in [2.45, 2.75) is 19.6 Å². The van der Waals surface area contributed by atoms with Gasteiger partial charge in [-0.1, -0.05) is 36.4 Å². The molecule has 2 aromatic heterocycles. The predicted octanol–water partition coefficient (Wildman–Crippen LogP) is 3.85. The van der Waals surface area contributed by atoms with Gasteiger partial charge in [-0.25, -0.2) is 9.97 Å². The number of aromatic amines is 1. The fourth-order valence-corrected chi connectivity index (χ4v) is 3.72. The van der Waals surface area contributed by atoms with Gasteiger partial charge in [0.15, 0.2) is 5.82 Å². The number of ether oxygens (including phenoxy) is 1. The second kappa shape index (κ2) is 6.98. The fourth-order valence-electron chi connectivity index (χ4n) is 3.72. The first-order valence-corrected chi connectivity index (χ1v) is 9.36. The minimum atomic E-state index is 0.640. The largest absolute Gasteiger partial charge is 0.496 e. The van der Waals surface area contributed by atoms with Crippen LogP contribution in [-0.4, -0.2) is 22.1 Å². The molecule has 3 N–H and O–H groups in total. The monoisotopic (exact) mass is 371 g/mol. The number of hydrogen-bond acceptors (Lipinski definition) is 5. The molecule has 0 amide bonds. The highest BCUT2D eigenvalue weighted by atomic mass is 16.5. The summed E-state index contributed by atoms with van der Waals surface area (Å²) < 4.78 is 5.47. The SMILES string of the molecule is COc1ccccc1CNc1nc(-c2c[nH]c3ccccc23)nc2c1CNC2. The zero-order valence-electron chi connectivity index (χ0n) is 15.6. The van der Waals surface area contributed by atoms with Crippen LogP contribution in [0.25, 0.3) is 22.3 Å². The molecule has 0 spiro atoms. The van der Waals surface area contributed by atoms with E-state index in [0.717, 1.165) is 63.8 Å². The van der Waals surface area contributed by atoms with Gasteiger partial charge in [-0.3, -0.25) is 0 Å². The lowest BCUT2D eigenvalue weighted by Crippen LogP contribution is -2.08. The Bertz CT molecular complexity index is 1150. The Morgan fingerprint density at radius 1 is 1.04 bits per heavy atom. The number of nitrogens with one attached hydrogen (secondary N) is 3. The number of H-pyrrole nitrogens is 1. The van der Waals surface area contributed by atoms with Crippen molar-refractivity contribution in [2.75, 3.05) is 12.4 Å². The van der Waals surface area contributed by atoms with Crippen LogP contribution in [0.3, 0.4) is 0 Å². The zero-order chi connectivity index (χ0) is 18.9. The minimum Gasteiger partial charge on any atom is -0.496 e. The highest BCUT2D eigenvalue weighted by molar-refractivity contribution is 5.93. The quantitative estimate of drug-likeness (QED) is 0.497. The summed E-state index contributed by atoms with van der Waals surface area (Å²) in [6, 6.07) is 16.2. The number of benzene rings is 2. The molecule has 0 atom stereocenters. The standard InChI is InChI=1S/C22H21N5O/c1-28-20-9-5-2-6-14(20)10-25-21-17-11-23-13-19(17)26-22(27-21)16-12-24-18-8-4-3-7-15(16)18/h2-9,12,23-24H,10-11,13H2,1H3,(H,25,26,27). The van der Waals surface area contributed by atoms with Gasteiger partial charge in [0.25, 0.3) is 0 Å². The maximum absolute atomic E-state index is 5.47. The first kappa shape index (κ1) is 16.8. The first-order chi connectivity index (χ1) is 13.8. The summed E-state index contributed by atoms with van der Waals surface area (Å²) in [5.74, 6) is 2.49. The van der Waals surface area contributed by atoms with Crippen molar-refractivity contribution in [3.05, 3.63) is 71.5 Å². The maximum atomic E-state index is 5.47.